The van der Waals surface area contributed by atoms with Crippen LogP contribution < -0.4 is 0 Å². The summed E-state index contributed by atoms with van der Waals surface area (Å²) in [5.74, 6) is 0. The van der Waals surface area contributed by atoms with E-state index in [0.29, 0.717) is 6.42 Å². The van der Waals surface area contributed by atoms with Crippen LogP contribution in [0.3, 0.4) is 0 Å². The third-order valence-corrected chi connectivity index (χ3v) is 2.13. The molecule has 0 aromatic heterocycles. The molecular weight excluding hydrogens is 250 g/mol. The van der Waals surface area contributed by atoms with Crippen molar-refractivity contribution in [2.75, 3.05) is 25.9 Å². The zero-order valence-electron chi connectivity index (χ0n) is 7.85. The van der Waals surface area contributed by atoms with E-state index in [2.05, 4.69) is 9.47 Å². The Morgan fingerprint density at radius 3 is 1.40 bits per heavy atom. The van der Waals surface area contributed by atoms with Gasteiger partial charge in [0.15, 0.2) is 0 Å². The van der Waals surface area contributed by atoms with Gasteiger partial charge in [-0.2, -0.15) is 0 Å². The summed E-state index contributed by atoms with van der Waals surface area (Å²) < 4.78 is 29.8. The van der Waals surface area contributed by atoms with Crippen LogP contribution in [0.25, 0.3) is 0 Å². The molecule has 0 rings (SSSR count). The van der Waals surface area contributed by atoms with Gasteiger partial charge in [-0.15, -0.1) is 0 Å². The van der Waals surface area contributed by atoms with E-state index in [9.17, 15) is 9.13 Å². The van der Waals surface area contributed by atoms with Crippen molar-refractivity contribution in [3.63, 3.8) is 0 Å². The Morgan fingerprint density at radius 1 is 0.800 bits per heavy atom. The maximum atomic E-state index is 10.3. The van der Waals surface area contributed by atoms with Crippen LogP contribution in [0.2, 0.25) is 0 Å². The van der Waals surface area contributed by atoms with Crippen LogP contribution >= 0.6 is 15.2 Å². The topological polar surface area (TPSA) is 134 Å². The Labute approximate surface area is 86.5 Å². The first-order chi connectivity index (χ1) is 6.71. The normalized spacial score (nSPS) is 13.1. The van der Waals surface area contributed by atoms with E-state index in [1.807, 2.05) is 0 Å². The molecule has 0 saturated carbocycles. The minimum atomic E-state index is -4.14. The fraction of sp³-hybridized carbons (Fsp3) is 1.00. The molecule has 8 nitrogen and oxygen atoms in total. The van der Waals surface area contributed by atoms with Crippen LogP contribution in [0.5, 0.6) is 0 Å². The van der Waals surface area contributed by atoms with Gasteiger partial charge >= 0.3 is 15.2 Å². The smallest absolute Gasteiger partial charge is 0.350 e. The minimum Gasteiger partial charge on any atom is -0.369 e. The summed E-state index contributed by atoms with van der Waals surface area (Å²) in [6, 6.07) is 0. The Bertz CT molecular complexity index is 228. The van der Waals surface area contributed by atoms with E-state index in [4.69, 9.17) is 19.6 Å². The van der Waals surface area contributed by atoms with Crippen molar-refractivity contribution >= 4 is 15.2 Å². The van der Waals surface area contributed by atoms with Gasteiger partial charge in [-0.05, 0) is 6.42 Å². The van der Waals surface area contributed by atoms with Gasteiger partial charge in [0.25, 0.3) is 0 Å². The zero-order valence-corrected chi connectivity index (χ0v) is 9.64. The summed E-state index contributed by atoms with van der Waals surface area (Å²) >= 11 is 0. The van der Waals surface area contributed by atoms with Crippen LogP contribution in [0.4, 0.5) is 0 Å². The lowest BCUT2D eigenvalue weighted by molar-refractivity contribution is 0.106. The Hall–Kier alpha value is 0.220. The van der Waals surface area contributed by atoms with E-state index < -0.39 is 27.9 Å². The van der Waals surface area contributed by atoms with Gasteiger partial charge in [0.2, 0.25) is 0 Å². The maximum Gasteiger partial charge on any atom is 0.350 e. The molecule has 4 N–H and O–H groups in total. The molecule has 0 spiro atoms. The number of rotatable bonds is 8. The van der Waals surface area contributed by atoms with Crippen molar-refractivity contribution < 1.29 is 38.2 Å². The van der Waals surface area contributed by atoms with Crippen molar-refractivity contribution in [2.45, 2.75) is 6.42 Å². The third kappa shape index (κ3) is 14.2. The largest absolute Gasteiger partial charge is 0.369 e. The van der Waals surface area contributed by atoms with Gasteiger partial charge < -0.3 is 29.0 Å². The highest BCUT2D eigenvalue weighted by Crippen LogP contribution is 2.34. The molecule has 0 aromatic carbocycles. The van der Waals surface area contributed by atoms with Crippen molar-refractivity contribution in [3.05, 3.63) is 0 Å². The summed E-state index contributed by atoms with van der Waals surface area (Å²) in [6.45, 7) is 0.124. The highest BCUT2D eigenvalue weighted by atomic mass is 31.2. The summed E-state index contributed by atoms with van der Waals surface area (Å²) in [5.41, 5.74) is 0. The van der Waals surface area contributed by atoms with E-state index in [1.54, 1.807) is 0 Å². The molecule has 0 fully saturated rings. The zero-order chi connectivity index (χ0) is 11.9. The summed E-state index contributed by atoms with van der Waals surface area (Å²) in [4.78, 5) is 33.5. The van der Waals surface area contributed by atoms with E-state index >= 15 is 0 Å². The molecule has 0 aromatic rings. The van der Waals surface area contributed by atoms with E-state index in [-0.39, 0.29) is 13.2 Å². The predicted molar refractivity (Wildman–Crippen MR) is 50.3 cm³/mol. The molecule has 92 valence electrons. The fourth-order valence-electron chi connectivity index (χ4n) is 0.630. The van der Waals surface area contributed by atoms with Crippen LogP contribution in [0, 0.1) is 0 Å². The fourth-order valence-corrected chi connectivity index (χ4v) is 1.36. The van der Waals surface area contributed by atoms with Crippen molar-refractivity contribution in [1.82, 2.24) is 0 Å². The average molecular weight is 264 g/mol. The molecule has 0 radical (unpaired) electrons. The van der Waals surface area contributed by atoms with Crippen LogP contribution in [0.1, 0.15) is 6.42 Å². The lowest BCUT2D eigenvalue weighted by Gasteiger charge is -2.07. The van der Waals surface area contributed by atoms with Gasteiger partial charge in [-0.3, -0.25) is 9.13 Å². The molecule has 0 heterocycles. The molecule has 10 heteroatoms. The molecule has 0 atom stereocenters. The minimum absolute atomic E-state index is 0.0618. The van der Waals surface area contributed by atoms with Gasteiger partial charge in [-0.25, -0.2) is 0 Å². The first kappa shape index (κ1) is 15.2. The van der Waals surface area contributed by atoms with Crippen LogP contribution in [-0.4, -0.2) is 45.5 Å². The summed E-state index contributed by atoms with van der Waals surface area (Å²) in [7, 11) is -8.27. The van der Waals surface area contributed by atoms with Gasteiger partial charge in [-0.1, -0.05) is 0 Å². The highest BCUT2D eigenvalue weighted by molar-refractivity contribution is 7.51. The lowest BCUT2D eigenvalue weighted by atomic mass is 10.5. The molecule has 15 heavy (non-hydrogen) atoms. The quantitative estimate of drug-likeness (QED) is 0.346. The van der Waals surface area contributed by atoms with Crippen LogP contribution in [0.15, 0.2) is 0 Å². The first-order valence-corrected chi connectivity index (χ1v) is 7.55. The van der Waals surface area contributed by atoms with Crippen molar-refractivity contribution in [1.29, 1.82) is 0 Å². The summed E-state index contributed by atoms with van der Waals surface area (Å²) in [5, 5.41) is 0. The van der Waals surface area contributed by atoms with Crippen LogP contribution in [-0.2, 0) is 18.6 Å². The van der Waals surface area contributed by atoms with Crippen molar-refractivity contribution in [2.24, 2.45) is 0 Å². The SMILES string of the molecule is O=P(O)(O)COCCCOCP(=O)(O)O. The van der Waals surface area contributed by atoms with Gasteiger partial charge in [0.05, 0.1) is 0 Å². The molecule has 0 unspecified atom stereocenters. The molecular formula is C5H14O8P2. The Balaban J connectivity index is 3.27. The van der Waals surface area contributed by atoms with Gasteiger partial charge in [0, 0.05) is 13.2 Å². The predicted octanol–water partition coefficient (Wildman–Crippen LogP) is -0.320. The van der Waals surface area contributed by atoms with E-state index in [0.717, 1.165) is 0 Å². The highest BCUT2D eigenvalue weighted by Gasteiger charge is 2.13. The second-order valence-corrected chi connectivity index (χ2v) is 5.93. The standard InChI is InChI=1S/C5H14O8P2/c6-14(7,8)4-12-2-1-3-13-5-15(9,10)11/h1-5H2,(H2,6,7,8)(H2,9,10,11). The second kappa shape index (κ2) is 6.73. The Morgan fingerprint density at radius 2 is 1.13 bits per heavy atom. The molecule has 0 amide bonds. The number of hydrogen-bond acceptors (Lipinski definition) is 4. The molecule has 0 saturated heterocycles. The van der Waals surface area contributed by atoms with Crippen molar-refractivity contribution in [3.8, 4) is 0 Å². The van der Waals surface area contributed by atoms with E-state index in [1.165, 1.54) is 0 Å². The molecule has 0 aliphatic heterocycles. The lowest BCUT2D eigenvalue weighted by Crippen LogP contribution is -2.03. The summed E-state index contributed by atoms with van der Waals surface area (Å²) in [6.07, 6.45) is -1.02. The molecule has 0 aliphatic rings. The molecule has 0 bridgehead atoms. The first-order valence-electron chi connectivity index (χ1n) is 3.95. The number of hydrogen-bond donors (Lipinski definition) is 4. The Kier molecular flexibility index (Phi) is 6.83. The maximum absolute atomic E-state index is 10.3. The second-order valence-electron chi connectivity index (χ2n) is 2.76. The average Bonchev–Trinajstić information content (AvgIpc) is 1.98. The third-order valence-electron chi connectivity index (χ3n) is 1.10. The number of ether oxygens (including phenoxy) is 2. The van der Waals surface area contributed by atoms with Gasteiger partial charge in [0.1, 0.15) is 12.7 Å². The molecule has 0 aliphatic carbocycles. The monoisotopic (exact) mass is 264 g/mol.